The molecule has 0 fully saturated rings. The van der Waals surface area contributed by atoms with E-state index in [9.17, 15) is 5.11 Å². The normalized spacial score (nSPS) is 15.5. The fourth-order valence-corrected chi connectivity index (χ4v) is 3.04. The zero-order valence-corrected chi connectivity index (χ0v) is 19.3. The highest BCUT2D eigenvalue weighted by Gasteiger charge is 2.51. The van der Waals surface area contributed by atoms with Gasteiger partial charge in [-0.15, -0.1) is 0 Å². The Morgan fingerprint density at radius 1 is 0.833 bits per heavy atom. The lowest BCUT2D eigenvalue weighted by molar-refractivity contribution is 0.0847. The summed E-state index contributed by atoms with van der Waals surface area (Å²) in [5.74, 6) is 0. The molecule has 1 unspecified atom stereocenters. The minimum atomic E-state index is -2.15. The number of rotatable bonds is 4. The molecule has 0 N–H and O–H groups in total. The van der Waals surface area contributed by atoms with E-state index in [0.29, 0.717) is 0 Å². The van der Waals surface area contributed by atoms with Crippen molar-refractivity contribution in [2.24, 2.45) is 0 Å². The van der Waals surface area contributed by atoms with Crippen molar-refractivity contribution >= 4 is 116 Å². The largest absolute Gasteiger partial charge is 0.228 e. The van der Waals surface area contributed by atoms with Crippen LogP contribution in [0.5, 0.6) is 0 Å². The van der Waals surface area contributed by atoms with Gasteiger partial charge in [0.15, 0.2) is 8.67 Å². The highest BCUT2D eigenvalue weighted by atomic mass is 35.6. The van der Waals surface area contributed by atoms with Gasteiger partial charge in [-0.05, 0) is 29.2 Å². The number of alkyl halides is 10. The number of benzene rings is 1. The summed E-state index contributed by atoms with van der Waals surface area (Å²) in [5.41, 5.74) is 0.351. The quantitative estimate of drug-likeness (QED) is 0.344. The second kappa shape index (κ2) is 8.21. The third-order valence-electron chi connectivity index (χ3n) is 3.18. The molecule has 0 saturated heterocycles. The monoisotopic (exact) mass is 531 g/mol. The van der Waals surface area contributed by atoms with Gasteiger partial charge < -0.3 is 0 Å². The molecule has 0 amide bonds. The fraction of sp³-hybridized carbons (Fsp3) is 0.538. The van der Waals surface area contributed by atoms with Crippen molar-refractivity contribution in [1.82, 2.24) is 0 Å². The average molecular weight is 536 g/mol. The molecule has 1 aromatic carbocycles. The molecule has 1 rings (SSSR count). The van der Waals surface area contributed by atoms with Gasteiger partial charge >= 0.3 is 0 Å². The molecule has 11 heteroatoms. The van der Waals surface area contributed by atoms with Gasteiger partial charge in [0, 0.05) is 0 Å². The van der Waals surface area contributed by atoms with Crippen LogP contribution in [0.4, 0.5) is 0 Å². The Hall–Kier alpha value is 2.08. The van der Waals surface area contributed by atoms with Crippen molar-refractivity contribution in [2.45, 2.75) is 35.7 Å². The van der Waals surface area contributed by atoms with Crippen molar-refractivity contribution < 1.29 is 5.11 Å². The first-order valence-corrected chi connectivity index (χ1v) is 10.0. The highest BCUT2D eigenvalue weighted by molar-refractivity contribution is 6.76. The molecule has 0 heterocycles. The summed E-state index contributed by atoms with van der Waals surface area (Å²) in [6, 6.07) is 4.13. The lowest BCUT2D eigenvalue weighted by atomic mass is 9.95. The van der Waals surface area contributed by atoms with E-state index in [1.807, 2.05) is 0 Å². The molecule has 1 aromatic rings. The van der Waals surface area contributed by atoms with E-state index in [4.69, 9.17) is 116 Å². The van der Waals surface area contributed by atoms with Gasteiger partial charge in [-0.3, -0.25) is 0 Å². The predicted octanol–water partition coefficient (Wildman–Crippen LogP) is 8.57. The van der Waals surface area contributed by atoms with Gasteiger partial charge in [0.25, 0.3) is 0 Å². The first-order chi connectivity index (χ1) is 10.6. The molecule has 0 spiro atoms. The van der Waals surface area contributed by atoms with Crippen molar-refractivity contribution in [3.05, 3.63) is 34.9 Å². The predicted molar refractivity (Wildman–Crippen MR) is 108 cm³/mol. The Morgan fingerprint density at radius 3 is 1.67 bits per heavy atom. The van der Waals surface area contributed by atoms with E-state index in [1.54, 1.807) is 6.92 Å². The van der Waals surface area contributed by atoms with Crippen molar-refractivity contribution in [3.8, 4) is 0 Å². The van der Waals surface area contributed by atoms with Crippen LogP contribution in [0.2, 0.25) is 0 Å². The standard InChI is InChI=1S/C13H9Cl10O/c1-2-9(24)7-4-3-6(10(14,15)12(18,19)20)5-8(7)11(16,17)13(21,22)23/h3-5,9H,2H2,1H3. The van der Waals surface area contributed by atoms with E-state index < -0.39 is 22.4 Å². The van der Waals surface area contributed by atoms with Crippen LogP contribution < -0.4 is 0 Å². The van der Waals surface area contributed by atoms with Crippen LogP contribution in [0.15, 0.2) is 18.2 Å². The van der Waals surface area contributed by atoms with Crippen LogP contribution in [-0.4, -0.2) is 7.59 Å². The Balaban J connectivity index is 3.68. The van der Waals surface area contributed by atoms with Crippen LogP contribution in [0, 0.1) is 0 Å². The molecule has 0 aromatic heterocycles. The van der Waals surface area contributed by atoms with Crippen molar-refractivity contribution in [2.75, 3.05) is 0 Å². The Bertz CT molecular complexity index is 587. The topological polar surface area (TPSA) is 19.9 Å². The van der Waals surface area contributed by atoms with Crippen molar-refractivity contribution in [1.29, 1.82) is 0 Å². The van der Waals surface area contributed by atoms with Crippen LogP contribution in [0.25, 0.3) is 0 Å². The second-order valence-corrected chi connectivity index (χ2v) is 12.1. The summed E-state index contributed by atoms with van der Waals surface area (Å²) in [7, 11) is 0. The van der Waals surface area contributed by atoms with E-state index >= 15 is 0 Å². The van der Waals surface area contributed by atoms with Gasteiger partial charge in [0.2, 0.25) is 7.59 Å². The molecule has 0 aliphatic rings. The van der Waals surface area contributed by atoms with Gasteiger partial charge in [-0.1, -0.05) is 135 Å². The summed E-state index contributed by atoms with van der Waals surface area (Å²) in [4.78, 5) is 0. The Morgan fingerprint density at radius 2 is 1.29 bits per heavy atom. The number of halogens is 10. The maximum absolute atomic E-state index is 12.3. The van der Waals surface area contributed by atoms with Crippen LogP contribution >= 0.6 is 116 Å². The number of hydrogen-bond acceptors (Lipinski definition) is 0. The zero-order chi connectivity index (χ0) is 19.1. The molecule has 0 bridgehead atoms. The third-order valence-corrected chi connectivity index (χ3v) is 8.02. The second-order valence-electron chi connectivity index (χ2n) is 4.84. The minimum absolute atomic E-state index is 0.0186. The van der Waals surface area contributed by atoms with E-state index in [1.165, 1.54) is 18.2 Å². The van der Waals surface area contributed by atoms with Crippen molar-refractivity contribution in [3.63, 3.8) is 0 Å². The Kier molecular flexibility index (Phi) is 8.25. The highest BCUT2D eigenvalue weighted by Crippen LogP contribution is 2.57. The first-order valence-electron chi connectivity index (χ1n) is 6.27. The van der Waals surface area contributed by atoms with E-state index in [-0.39, 0.29) is 23.1 Å². The molecule has 0 aliphatic heterocycles. The summed E-state index contributed by atoms with van der Waals surface area (Å²) in [6.45, 7) is 1.68. The van der Waals surface area contributed by atoms with Crippen LogP contribution in [0.3, 0.4) is 0 Å². The van der Waals surface area contributed by atoms with Gasteiger partial charge in [-0.2, -0.15) is 0 Å². The Labute approximate surface area is 190 Å². The summed E-state index contributed by atoms with van der Waals surface area (Å²) < 4.78 is -8.28. The SMILES string of the molecule is CCC([O])c1ccc(C(Cl)(Cl)C(Cl)(Cl)Cl)cc1C(Cl)(Cl)C(Cl)(Cl)Cl. The van der Waals surface area contributed by atoms with Crippen LogP contribution in [-0.2, 0) is 13.8 Å². The molecular formula is C13H9Cl10O. The number of hydrogen-bond donors (Lipinski definition) is 0. The van der Waals surface area contributed by atoms with Crippen LogP contribution in [0.1, 0.15) is 36.1 Å². The molecular weight excluding hydrogens is 527 g/mol. The molecule has 0 saturated carbocycles. The summed E-state index contributed by atoms with van der Waals surface area (Å²) >= 11 is 59.7. The minimum Gasteiger partial charge on any atom is -0.228 e. The lowest BCUT2D eigenvalue weighted by Crippen LogP contribution is -2.32. The molecule has 1 atom stereocenters. The maximum Gasteiger partial charge on any atom is 0.227 e. The third kappa shape index (κ3) is 4.92. The molecule has 1 radical (unpaired) electrons. The smallest absolute Gasteiger partial charge is 0.227 e. The average Bonchev–Trinajstić information content (AvgIpc) is 2.43. The fourth-order valence-electron chi connectivity index (χ4n) is 1.84. The van der Waals surface area contributed by atoms with Gasteiger partial charge in [-0.25, -0.2) is 5.11 Å². The zero-order valence-electron chi connectivity index (χ0n) is 11.7. The summed E-state index contributed by atoms with van der Waals surface area (Å²) in [6.07, 6.45) is -0.931. The van der Waals surface area contributed by atoms with E-state index in [2.05, 4.69) is 0 Å². The molecule has 137 valence electrons. The molecule has 24 heavy (non-hydrogen) atoms. The van der Waals surface area contributed by atoms with E-state index in [0.717, 1.165) is 0 Å². The molecule has 1 nitrogen and oxygen atoms in total. The maximum atomic E-state index is 12.3. The summed E-state index contributed by atoms with van der Waals surface area (Å²) in [5, 5.41) is 12.3. The first kappa shape index (κ1) is 24.1. The lowest BCUT2D eigenvalue weighted by Gasteiger charge is -2.33. The molecule has 0 aliphatic carbocycles. The van der Waals surface area contributed by atoms with Gasteiger partial charge in [0.1, 0.15) is 6.10 Å². The van der Waals surface area contributed by atoms with Gasteiger partial charge in [0.05, 0.1) is 0 Å².